The van der Waals surface area contributed by atoms with Crippen LogP contribution in [0.4, 0.5) is 0 Å². The number of rotatable bonds is 4. The van der Waals surface area contributed by atoms with Crippen molar-refractivity contribution >= 4 is 0 Å². The smallest absolute Gasteiger partial charge is 0.118 e. The Kier molecular flexibility index (Phi) is 4.69. The van der Waals surface area contributed by atoms with Crippen LogP contribution in [0.15, 0.2) is 48.5 Å². The zero-order chi connectivity index (χ0) is 18.2. The lowest BCUT2D eigenvalue weighted by molar-refractivity contribution is 0.111. The predicted molar refractivity (Wildman–Crippen MR) is 111 cm³/mol. The van der Waals surface area contributed by atoms with Gasteiger partial charge in [-0.15, -0.1) is 0 Å². The van der Waals surface area contributed by atoms with Gasteiger partial charge in [-0.05, 0) is 91.8 Å². The van der Waals surface area contributed by atoms with E-state index in [1.807, 2.05) is 0 Å². The molecule has 2 aromatic rings. The molecule has 0 N–H and O–H groups in total. The molecule has 1 heterocycles. The molecule has 1 unspecified atom stereocenters. The topological polar surface area (TPSA) is 12.5 Å². The molecule has 2 saturated carbocycles. The summed E-state index contributed by atoms with van der Waals surface area (Å²) in [7, 11) is 1.73. The second-order valence-corrected chi connectivity index (χ2v) is 8.87. The number of methoxy groups -OCH3 is 1. The van der Waals surface area contributed by atoms with Crippen molar-refractivity contribution in [2.45, 2.75) is 50.5 Å². The van der Waals surface area contributed by atoms with Crippen molar-refractivity contribution in [3.8, 4) is 16.9 Å². The standard InChI is InChI=1S/C25H31NO/c1-27-22-10-8-19(9-11-22)23-4-2-3-5-24(23)20-12-14-26(15-13-20)25-17-18-6-7-21(25)16-18/h2-5,8-11,18,20-21,25H,6-7,12-17H2,1H3/t18-,21?,25-/m0/s1. The molecule has 1 aliphatic heterocycles. The first kappa shape index (κ1) is 17.3. The van der Waals surface area contributed by atoms with Gasteiger partial charge in [0.25, 0.3) is 0 Å². The average molecular weight is 362 g/mol. The molecule has 2 aliphatic carbocycles. The van der Waals surface area contributed by atoms with E-state index in [1.54, 1.807) is 7.11 Å². The van der Waals surface area contributed by atoms with Crippen LogP contribution >= 0.6 is 0 Å². The van der Waals surface area contributed by atoms with E-state index in [0.29, 0.717) is 5.92 Å². The van der Waals surface area contributed by atoms with E-state index in [9.17, 15) is 0 Å². The molecular weight excluding hydrogens is 330 g/mol. The Morgan fingerprint density at radius 2 is 1.63 bits per heavy atom. The Labute approximate surface area is 163 Å². The minimum absolute atomic E-state index is 0.693. The predicted octanol–water partition coefficient (Wildman–Crippen LogP) is 5.73. The van der Waals surface area contributed by atoms with Crippen molar-refractivity contribution in [2.24, 2.45) is 11.8 Å². The van der Waals surface area contributed by atoms with Crippen LogP contribution in [0, 0.1) is 11.8 Å². The first-order chi connectivity index (χ1) is 13.3. The molecule has 2 heteroatoms. The van der Waals surface area contributed by atoms with Crippen molar-refractivity contribution in [2.75, 3.05) is 20.2 Å². The van der Waals surface area contributed by atoms with Gasteiger partial charge >= 0.3 is 0 Å². The first-order valence-electron chi connectivity index (χ1n) is 10.8. The van der Waals surface area contributed by atoms with Crippen LogP contribution in [0.25, 0.3) is 11.1 Å². The van der Waals surface area contributed by atoms with Gasteiger partial charge in [-0.3, -0.25) is 0 Å². The monoisotopic (exact) mass is 361 g/mol. The molecular formula is C25H31NO. The largest absolute Gasteiger partial charge is 0.497 e. The summed E-state index contributed by atoms with van der Waals surface area (Å²) in [6, 6.07) is 18.5. The second-order valence-electron chi connectivity index (χ2n) is 8.87. The normalized spacial score (nSPS) is 28.6. The summed E-state index contributed by atoms with van der Waals surface area (Å²) in [5.41, 5.74) is 4.25. The SMILES string of the molecule is COc1ccc(-c2ccccc2C2CCN([C@H]3C[C@H]4CCC3C4)CC2)cc1. The van der Waals surface area contributed by atoms with Crippen LogP contribution in [0.3, 0.4) is 0 Å². The highest BCUT2D eigenvalue weighted by Gasteiger charge is 2.42. The van der Waals surface area contributed by atoms with Crippen LogP contribution in [0.2, 0.25) is 0 Å². The van der Waals surface area contributed by atoms with Gasteiger partial charge < -0.3 is 9.64 Å². The molecule has 142 valence electrons. The third-order valence-corrected chi connectivity index (χ3v) is 7.50. The van der Waals surface area contributed by atoms with E-state index in [0.717, 1.165) is 23.6 Å². The average Bonchev–Trinajstić information content (AvgIpc) is 3.38. The lowest BCUT2D eigenvalue weighted by Crippen LogP contribution is -2.43. The first-order valence-corrected chi connectivity index (χ1v) is 10.8. The highest BCUT2D eigenvalue weighted by molar-refractivity contribution is 5.68. The Morgan fingerprint density at radius 3 is 2.30 bits per heavy atom. The van der Waals surface area contributed by atoms with E-state index in [4.69, 9.17) is 4.74 Å². The molecule has 3 aliphatic rings. The summed E-state index contributed by atoms with van der Waals surface area (Å²) in [5, 5.41) is 0. The zero-order valence-corrected chi connectivity index (χ0v) is 16.4. The fourth-order valence-electron chi connectivity index (χ4n) is 6.09. The van der Waals surface area contributed by atoms with E-state index in [2.05, 4.69) is 53.4 Å². The van der Waals surface area contributed by atoms with Gasteiger partial charge in [0.2, 0.25) is 0 Å². The minimum atomic E-state index is 0.693. The third kappa shape index (κ3) is 3.29. The Bertz CT molecular complexity index is 775. The number of nitrogens with zero attached hydrogens (tertiary/aromatic N) is 1. The molecule has 27 heavy (non-hydrogen) atoms. The lowest BCUT2D eigenvalue weighted by atomic mass is 9.83. The summed E-state index contributed by atoms with van der Waals surface area (Å²) in [5.74, 6) is 3.68. The molecule has 2 nitrogen and oxygen atoms in total. The number of piperidine rings is 1. The van der Waals surface area contributed by atoms with Gasteiger partial charge in [-0.25, -0.2) is 0 Å². The van der Waals surface area contributed by atoms with Crippen LogP contribution in [0.1, 0.15) is 50.0 Å². The number of likely N-dealkylation sites (tertiary alicyclic amines) is 1. The maximum absolute atomic E-state index is 5.33. The van der Waals surface area contributed by atoms with E-state index < -0.39 is 0 Å². The molecule has 5 rings (SSSR count). The van der Waals surface area contributed by atoms with Crippen molar-refractivity contribution in [1.29, 1.82) is 0 Å². The van der Waals surface area contributed by atoms with Gasteiger partial charge in [0.15, 0.2) is 0 Å². The number of ether oxygens (including phenoxy) is 1. The van der Waals surface area contributed by atoms with E-state index >= 15 is 0 Å². The summed E-state index contributed by atoms with van der Waals surface area (Å²) in [6.45, 7) is 2.57. The molecule has 2 aromatic carbocycles. The van der Waals surface area contributed by atoms with Gasteiger partial charge in [0.05, 0.1) is 7.11 Å². The minimum Gasteiger partial charge on any atom is -0.497 e. The van der Waals surface area contributed by atoms with E-state index in [-0.39, 0.29) is 0 Å². The van der Waals surface area contributed by atoms with Crippen LogP contribution in [0.5, 0.6) is 5.75 Å². The van der Waals surface area contributed by atoms with Crippen LogP contribution in [-0.2, 0) is 0 Å². The van der Waals surface area contributed by atoms with E-state index in [1.165, 1.54) is 68.3 Å². The highest BCUT2D eigenvalue weighted by Crippen LogP contribution is 2.48. The third-order valence-electron chi connectivity index (χ3n) is 7.50. The fraction of sp³-hybridized carbons (Fsp3) is 0.520. The molecule has 0 amide bonds. The molecule has 1 saturated heterocycles. The van der Waals surface area contributed by atoms with Gasteiger partial charge in [-0.2, -0.15) is 0 Å². The Hall–Kier alpha value is -1.80. The van der Waals surface area contributed by atoms with Gasteiger partial charge in [0.1, 0.15) is 5.75 Å². The Balaban J connectivity index is 1.31. The van der Waals surface area contributed by atoms with Crippen molar-refractivity contribution in [1.82, 2.24) is 4.90 Å². The molecule has 0 aromatic heterocycles. The summed E-state index contributed by atoms with van der Waals surface area (Å²) >= 11 is 0. The van der Waals surface area contributed by atoms with Crippen LogP contribution < -0.4 is 4.74 Å². The molecule has 2 bridgehead atoms. The highest BCUT2D eigenvalue weighted by atomic mass is 16.5. The summed E-state index contributed by atoms with van der Waals surface area (Å²) in [4.78, 5) is 2.84. The molecule has 0 spiro atoms. The van der Waals surface area contributed by atoms with Crippen LogP contribution in [-0.4, -0.2) is 31.1 Å². The van der Waals surface area contributed by atoms with Crippen molar-refractivity contribution in [3.05, 3.63) is 54.1 Å². The van der Waals surface area contributed by atoms with Gasteiger partial charge in [-0.1, -0.05) is 42.8 Å². The quantitative estimate of drug-likeness (QED) is 0.689. The summed E-state index contributed by atoms with van der Waals surface area (Å²) in [6.07, 6.45) is 8.62. The Morgan fingerprint density at radius 1 is 0.852 bits per heavy atom. The second kappa shape index (κ2) is 7.31. The fourth-order valence-corrected chi connectivity index (χ4v) is 6.09. The molecule has 3 fully saturated rings. The molecule has 3 atom stereocenters. The maximum Gasteiger partial charge on any atom is 0.118 e. The maximum atomic E-state index is 5.33. The number of hydrogen-bond donors (Lipinski definition) is 0. The van der Waals surface area contributed by atoms with Crippen molar-refractivity contribution < 1.29 is 4.74 Å². The lowest BCUT2D eigenvalue weighted by Gasteiger charge is -2.40. The molecule has 0 radical (unpaired) electrons. The number of benzene rings is 2. The zero-order valence-electron chi connectivity index (χ0n) is 16.4. The van der Waals surface area contributed by atoms with Gasteiger partial charge in [0, 0.05) is 6.04 Å². The number of hydrogen-bond acceptors (Lipinski definition) is 2. The number of fused-ring (bicyclic) bond motifs is 2. The summed E-state index contributed by atoms with van der Waals surface area (Å²) < 4.78 is 5.33. The van der Waals surface area contributed by atoms with Crippen molar-refractivity contribution in [3.63, 3.8) is 0 Å².